The standard InChI is InChI=1S/C15H17N3O3/c1-7-4-10(9(3)20-7)8(2)17-12-6-13-14(5-11(12)16)21-15(19)18-13/h4-6,8,17H,16H2,1-3H3,(H,18,19). The summed E-state index contributed by atoms with van der Waals surface area (Å²) in [5.74, 6) is 1.26. The molecule has 1 atom stereocenters. The summed E-state index contributed by atoms with van der Waals surface area (Å²) < 4.78 is 10.5. The normalized spacial score (nSPS) is 12.7. The predicted octanol–water partition coefficient (Wildman–Crippen LogP) is 3.09. The first kappa shape index (κ1) is 13.4. The minimum atomic E-state index is -0.490. The number of oxazole rings is 1. The lowest BCUT2D eigenvalue weighted by Crippen LogP contribution is -2.08. The molecule has 21 heavy (non-hydrogen) atoms. The molecule has 0 radical (unpaired) electrons. The lowest BCUT2D eigenvalue weighted by molar-refractivity contribution is 0.500. The third kappa shape index (κ3) is 2.40. The Hall–Kier alpha value is -2.63. The second kappa shape index (κ2) is 4.73. The maximum absolute atomic E-state index is 11.2. The molecule has 6 nitrogen and oxygen atoms in total. The minimum absolute atomic E-state index is 0.0285. The molecule has 0 saturated carbocycles. The summed E-state index contributed by atoms with van der Waals surface area (Å²) in [5.41, 5.74) is 9.41. The highest BCUT2D eigenvalue weighted by molar-refractivity contribution is 5.85. The van der Waals surface area contributed by atoms with Gasteiger partial charge in [0.1, 0.15) is 11.5 Å². The van der Waals surface area contributed by atoms with Gasteiger partial charge in [-0.2, -0.15) is 0 Å². The summed E-state index contributed by atoms with van der Waals surface area (Å²) in [6, 6.07) is 5.44. The van der Waals surface area contributed by atoms with Crippen molar-refractivity contribution in [3.05, 3.63) is 45.8 Å². The molecule has 0 bridgehead atoms. The Bertz CT molecular complexity index is 857. The number of furan rings is 1. The van der Waals surface area contributed by atoms with Gasteiger partial charge in [0.05, 0.1) is 22.9 Å². The first-order valence-corrected chi connectivity index (χ1v) is 6.70. The van der Waals surface area contributed by atoms with E-state index in [4.69, 9.17) is 14.6 Å². The maximum atomic E-state index is 11.2. The van der Waals surface area contributed by atoms with Crippen LogP contribution in [-0.2, 0) is 0 Å². The lowest BCUT2D eigenvalue weighted by Gasteiger charge is -2.16. The summed E-state index contributed by atoms with van der Waals surface area (Å²) in [4.78, 5) is 13.8. The third-order valence-corrected chi connectivity index (χ3v) is 3.51. The van der Waals surface area contributed by atoms with Crippen LogP contribution in [0.5, 0.6) is 0 Å². The molecule has 0 aliphatic carbocycles. The van der Waals surface area contributed by atoms with Gasteiger partial charge in [-0.25, -0.2) is 4.79 Å². The molecular weight excluding hydrogens is 270 g/mol. The highest BCUT2D eigenvalue weighted by atomic mass is 16.4. The summed E-state index contributed by atoms with van der Waals surface area (Å²) in [6.07, 6.45) is 0. The number of nitrogens with one attached hydrogen (secondary N) is 2. The number of anilines is 2. The summed E-state index contributed by atoms with van der Waals surface area (Å²) in [5, 5.41) is 3.33. The zero-order valence-corrected chi connectivity index (χ0v) is 12.1. The molecule has 0 saturated heterocycles. The monoisotopic (exact) mass is 287 g/mol. The van der Waals surface area contributed by atoms with Gasteiger partial charge in [0.25, 0.3) is 0 Å². The molecule has 0 aliphatic rings. The Morgan fingerprint density at radius 2 is 2.00 bits per heavy atom. The van der Waals surface area contributed by atoms with Crippen LogP contribution in [0.15, 0.2) is 31.8 Å². The molecule has 0 spiro atoms. The van der Waals surface area contributed by atoms with Crippen LogP contribution in [0.3, 0.4) is 0 Å². The van der Waals surface area contributed by atoms with Crippen LogP contribution in [0.25, 0.3) is 11.1 Å². The van der Waals surface area contributed by atoms with Gasteiger partial charge in [0.15, 0.2) is 5.58 Å². The van der Waals surface area contributed by atoms with E-state index in [1.54, 1.807) is 12.1 Å². The quantitative estimate of drug-likeness (QED) is 0.643. The summed E-state index contributed by atoms with van der Waals surface area (Å²) in [7, 11) is 0. The van der Waals surface area contributed by atoms with Crippen molar-refractivity contribution in [1.29, 1.82) is 0 Å². The Morgan fingerprint density at radius 1 is 1.24 bits per heavy atom. The first-order valence-electron chi connectivity index (χ1n) is 6.70. The highest BCUT2D eigenvalue weighted by Crippen LogP contribution is 2.30. The van der Waals surface area contributed by atoms with Crippen LogP contribution in [0, 0.1) is 13.8 Å². The van der Waals surface area contributed by atoms with Crippen molar-refractivity contribution < 1.29 is 8.83 Å². The molecule has 1 unspecified atom stereocenters. The van der Waals surface area contributed by atoms with Crippen molar-refractivity contribution in [3.63, 3.8) is 0 Å². The second-order valence-electron chi connectivity index (χ2n) is 5.18. The van der Waals surface area contributed by atoms with Crippen LogP contribution in [-0.4, -0.2) is 4.98 Å². The Morgan fingerprint density at radius 3 is 2.67 bits per heavy atom. The van der Waals surface area contributed by atoms with E-state index in [9.17, 15) is 4.79 Å². The number of nitrogen functional groups attached to an aromatic ring is 1. The van der Waals surface area contributed by atoms with Crippen LogP contribution < -0.4 is 16.8 Å². The molecular formula is C15H17N3O3. The van der Waals surface area contributed by atoms with Gasteiger partial charge < -0.3 is 19.9 Å². The van der Waals surface area contributed by atoms with Gasteiger partial charge in [0.2, 0.25) is 0 Å². The Labute approximate surface area is 120 Å². The molecule has 0 aliphatic heterocycles. The largest absolute Gasteiger partial charge is 0.466 e. The maximum Gasteiger partial charge on any atom is 0.417 e. The predicted molar refractivity (Wildman–Crippen MR) is 81.5 cm³/mol. The number of rotatable bonds is 3. The van der Waals surface area contributed by atoms with E-state index in [2.05, 4.69) is 10.3 Å². The van der Waals surface area contributed by atoms with Crippen LogP contribution in [0.1, 0.15) is 30.0 Å². The molecule has 1 aromatic carbocycles. The first-order chi connectivity index (χ1) is 9.94. The fourth-order valence-electron chi connectivity index (χ4n) is 2.53. The molecule has 6 heteroatoms. The average molecular weight is 287 g/mol. The van der Waals surface area contributed by atoms with E-state index >= 15 is 0 Å². The topological polar surface area (TPSA) is 97.2 Å². The van der Waals surface area contributed by atoms with Crippen LogP contribution in [0.4, 0.5) is 11.4 Å². The number of hydrogen-bond donors (Lipinski definition) is 3. The number of aromatic nitrogens is 1. The Kier molecular flexibility index (Phi) is 3.01. The molecule has 3 rings (SSSR count). The van der Waals surface area contributed by atoms with Gasteiger partial charge in [-0.15, -0.1) is 0 Å². The van der Waals surface area contributed by atoms with E-state index in [0.717, 1.165) is 22.8 Å². The number of aromatic amines is 1. The molecule has 0 amide bonds. The number of nitrogens with two attached hydrogens (primary N) is 1. The van der Waals surface area contributed by atoms with E-state index in [1.165, 1.54) is 0 Å². The SMILES string of the molecule is Cc1cc(C(C)Nc2cc3[nH]c(=O)oc3cc2N)c(C)o1. The fraction of sp³-hybridized carbons (Fsp3) is 0.267. The van der Waals surface area contributed by atoms with Crippen molar-refractivity contribution in [2.45, 2.75) is 26.8 Å². The lowest BCUT2D eigenvalue weighted by atomic mass is 10.1. The Balaban J connectivity index is 1.95. The number of benzene rings is 1. The van der Waals surface area contributed by atoms with E-state index in [1.807, 2.05) is 26.8 Å². The zero-order valence-electron chi connectivity index (χ0n) is 12.1. The van der Waals surface area contributed by atoms with Gasteiger partial charge >= 0.3 is 5.76 Å². The van der Waals surface area contributed by atoms with Crippen molar-refractivity contribution in [2.75, 3.05) is 11.1 Å². The van der Waals surface area contributed by atoms with E-state index in [-0.39, 0.29) is 6.04 Å². The second-order valence-corrected chi connectivity index (χ2v) is 5.18. The van der Waals surface area contributed by atoms with Gasteiger partial charge in [0, 0.05) is 11.6 Å². The molecule has 2 heterocycles. The van der Waals surface area contributed by atoms with Crippen LogP contribution >= 0.6 is 0 Å². The van der Waals surface area contributed by atoms with Crippen molar-refractivity contribution in [2.24, 2.45) is 0 Å². The number of hydrogen-bond acceptors (Lipinski definition) is 5. The fourth-order valence-corrected chi connectivity index (χ4v) is 2.53. The van der Waals surface area contributed by atoms with E-state index in [0.29, 0.717) is 16.8 Å². The van der Waals surface area contributed by atoms with Crippen LogP contribution in [0.2, 0.25) is 0 Å². The third-order valence-electron chi connectivity index (χ3n) is 3.51. The zero-order chi connectivity index (χ0) is 15.1. The molecule has 110 valence electrons. The molecule has 0 fully saturated rings. The summed E-state index contributed by atoms with van der Waals surface area (Å²) >= 11 is 0. The van der Waals surface area contributed by atoms with Gasteiger partial charge in [-0.1, -0.05) is 0 Å². The van der Waals surface area contributed by atoms with Gasteiger partial charge in [-0.05, 0) is 32.9 Å². The smallest absolute Gasteiger partial charge is 0.417 e. The average Bonchev–Trinajstić information content (AvgIpc) is 2.91. The summed E-state index contributed by atoms with van der Waals surface area (Å²) in [6.45, 7) is 5.87. The number of H-pyrrole nitrogens is 1. The van der Waals surface area contributed by atoms with E-state index < -0.39 is 5.76 Å². The van der Waals surface area contributed by atoms with Crippen molar-refractivity contribution in [3.8, 4) is 0 Å². The van der Waals surface area contributed by atoms with Crippen molar-refractivity contribution in [1.82, 2.24) is 4.98 Å². The number of fused-ring (bicyclic) bond motifs is 1. The highest BCUT2D eigenvalue weighted by Gasteiger charge is 2.14. The molecule has 3 aromatic rings. The van der Waals surface area contributed by atoms with Crippen molar-refractivity contribution >= 4 is 22.5 Å². The molecule has 4 N–H and O–H groups in total. The number of aryl methyl sites for hydroxylation is 2. The molecule has 2 aromatic heterocycles. The minimum Gasteiger partial charge on any atom is -0.466 e. The van der Waals surface area contributed by atoms with Gasteiger partial charge in [-0.3, -0.25) is 4.98 Å².